The van der Waals surface area contributed by atoms with Crippen LogP contribution in [0.5, 0.6) is 0 Å². The van der Waals surface area contributed by atoms with Gasteiger partial charge >= 0.3 is 0 Å². The predicted octanol–water partition coefficient (Wildman–Crippen LogP) is 3.54. The number of fused-ring (bicyclic) bond motifs is 1. The molecule has 0 radical (unpaired) electrons. The zero-order valence-electron chi connectivity index (χ0n) is 15.5. The third kappa shape index (κ3) is 3.90. The summed E-state index contributed by atoms with van der Waals surface area (Å²) in [4.78, 5) is 29.8. The average Bonchev–Trinajstić information content (AvgIpc) is 3.23. The number of nitrogens with one attached hydrogen (secondary N) is 1. The molecule has 6 nitrogen and oxygen atoms in total. The number of anilines is 1. The van der Waals surface area contributed by atoms with E-state index >= 15 is 0 Å². The summed E-state index contributed by atoms with van der Waals surface area (Å²) in [5.41, 5.74) is 3.90. The molecule has 1 aliphatic rings. The van der Waals surface area contributed by atoms with E-state index in [0.717, 1.165) is 20.8 Å². The third-order valence-corrected chi connectivity index (χ3v) is 5.90. The van der Waals surface area contributed by atoms with Crippen LogP contribution in [0, 0.1) is 6.92 Å². The molecule has 1 aromatic heterocycles. The molecule has 3 aromatic rings. The average molecular weight is 395 g/mol. The van der Waals surface area contributed by atoms with Gasteiger partial charge in [0.1, 0.15) is 11.2 Å². The van der Waals surface area contributed by atoms with E-state index in [1.165, 1.54) is 10.5 Å². The van der Waals surface area contributed by atoms with Gasteiger partial charge in [0.2, 0.25) is 11.8 Å². The van der Waals surface area contributed by atoms with E-state index in [4.69, 9.17) is 0 Å². The highest BCUT2D eigenvalue weighted by Gasteiger charge is 2.29. The Bertz CT molecular complexity index is 1030. The van der Waals surface area contributed by atoms with Gasteiger partial charge in [-0.1, -0.05) is 6.07 Å². The van der Waals surface area contributed by atoms with Crippen LogP contribution in [0.1, 0.15) is 24.8 Å². The minimum atomic E-state index is -0.766. The van der Waals surface area contributed by atoms with E-state index in [-0.39, 0.29) is 24.8 Å². The van der Waals surface area contributed by atoms with Gasteiger partial charge < -0.3 is 15.3 Å². The van der Waals surface area contributed by atoms with Crippen molar-refractivity contribution in [2.45, 2.75) is 32.4 Å². The van der Waals surface area contributed by atoms with Crippen molar-refractivity contribution in [3.05, 3.63) is 48.0 Å². The number of nitrogens with zero attached hydrogens (tertiary/aromatic N) is 2. The number of aryl methyl sites for hydroxylation is 1. The molecular formula is C21H21N3O3S. The number of carbonyl (C=O) groups is 2. The van der Waals surface area contributed by atoms with Crippen LogP contribution in [-0.2, 0) is 9.59 Å². The first kappa shape index (κ1) is 18.6. The standard InChI is InChI=1S/C21H21N3O3S/c1-13-2-7-16-17(12-13)28-21(23-16)14-3-5-15(6-4-14)22-18(25)10-11-24-19(26)8-9-20(24)27/h2-7,12,19,26H,8-11H2,1H3,(H,22,25). The normalized spacial score (nSPS) is 16.7. The van der Waals surface area contributed by atoms with Crippen molar-refractivity contribution < 1.29 is 14.7 Å². The maximum absolute atomic E-state index is 12.1. The largest absolute Gasteiger partial charge is 0.374 e. The Kier molecular flexibility index (Phi) is 5.11. The molecule has 1 aliphatic heterocycles. The van der Waals surface area contributed by atoms with Gasteiger partial charge in [0.15, 0.2) is 0 Å². The molecule has 1 saturated heterocycles. The third-order valence-electron chi connectivity index (χ3n) is 4.84. The van der Waals surface area contributed by atoms with Gasteiger partial charge in [0, 0.05) is 37.1 Å². The molecule has 1 unspecified atom stereocenters. The Morgan fingerprint density at radius 1 is 1.29 bits per heavy atom. The molecule has 4 rings (SSSR count). The van der Waals surface area contributed by atoms with Gasteiger partial charge in [-0.15, -0.1) is 11.3 Å². The SMILES string of the molecule is Cc1ccc2nc(-c3ccc(NC(=O)CCN4C(=O)CCC4O)cc3)sc2c1. The first-order valence-corrected chi connectivity index (χ1v) is 10.1. The maximum atomic E-state index is 12.1. The molecule has 28 heavy (non-hydrogen) atoms. The second-order valence-corrected chi connectivity index (χ2v) is 8.00. The second-order valence-electron chi connectivity index (χ2n) is 6.97. The van der Waals surface area contributed by atoms with Crippen molar-refractivity contribution in [3.8, 4) is 10.6 Å². The second kappa shape index (κ2) is 7.69. The van der Waals surface area contributed by atoms with Gasteiger partial charge in [-0.2, -0.15) is 0 Å². The number of hydrogen-bond donors (Lipinski definition) is 2. The highest BCUT2D eigenvalue weighted by atomic mass is 32.1. The van der Waals surface area contributed by atoms with E-state index in [1.54, 1.807) is 11.3 Å². The number of aliphatic hydroxyl groups is 1. The highest BCUT2D eigenvalue weighted by Crippen LogP contribution is 2.31. The van der Waals surface area contributed by atoms with Crippen molar-refractivity contribution in [3.63, 3.8) is 0 Å². The van der Waals surface area contributed by atoms with Crippen LogP contribution in [-0.4, -0.2) is 39.6 Å². The van der Waals surface area contributed by atoms with E-state index in [9.17, 15) is 14.7 Å². The van der Waals surface area contributed by atoms with Gasteiger partial charge in [-0.25, -0.2) is 4.98 Å². The number of likely N-dealkylation sites (tertiary alicyclic amines) is 1. The lowest BCUT2D eigenvalue weighted by atomic mass is 10.2. The van der Waals surface area contributed by atoms with Crippen LogP contribution >= 0.6 is 11.3 Å². The summed E-state index contributed by atoms with van der Waals surface area (Å²) in [5, 5.41) is 13.5. The lowest BCUT2D eigenvalue weighted by Gasteiger charge is -2.19. The molecular weight excluding hydrogens is 374 g/mol. The monoisotopic (exact) mass is 395 g/mol. The fourth-order valence-electron chi connectivity index (χ4n) is 3.29. The maximum Gasteiger partial charge on any atom is 0.226 e. The Labute approximate surface area is 166 Å². The van der Waals surface area contributed by atoms with Crippen LogP contribution in [0.2, 0.25) is 0 Å². The number of carbonyl (C=O) groups excluding carboxylic acids is 2. The van der Waals surface area contributed by atoms with E-state index < -0.39 is 6.23 Å². The molecule has 2 heterocycles. The Morgan fingerprint density at radius 2 is 2.07 bits per heavy atom. The Hall–Kier alpha value is -2.77. The lowest BCUT2D eigenvalue weighted by molar-refractivity contribution is -0.133. The first-order valence-electron chi connectivity index (χ1n) is 9.24. The van der Waals surface area contributed by atoms with E-state index in [1.807, 2.05) is 30.3 Å². The number of benzene rings is 2. The lowest BCUT2D eigenvalue weighted by Crippen LogP contribution is -2.35. The molecule has 1 fully saturated rings. The quantitative estimate of drug-likeness (QED) is 0.692. The van der Waals surface area contributed by atoms with Crippen molar-refractivity contribution in [2.75, 3.05) is 11.9 Å². The van der Waals surface area contributed by atoms with Crippen molar-refractivity contribution in [2.24, 2.45) is 0 Å². The van der Waals surface area contributed by atoms with Gasteiger partial charge in [-0.05, 0) is 48.9 Å². The number of thiazole rings is 1. The highest BCUT2D eigenvalue weighted by molar-refractivity contribution is 7.21. The summed E-state index contributed by atoms with van der Waals surface area (Å²) in [6, 6.07) is 13.8. The van der Waals surface area contributed by atoms with E-state index in [0.29, 0.717) is 18.5 Å². The molecule has 2 amide bonds. The van der Waals surface area contributed by atoms with Crippen molar-refractivity contribution in [1.82, 2.24) is 9.88 Å². The first-order chi connectivity index (χ1) is 13.5. The smallest absolute Gasteiger partial charge is 0.226 e. The fourth-order valence-corrected chi connectivity index (χ4v) is 4.36. The predicted molar refractivity (Wildman–Crippen MR) is 110 cm³/mol. The zero-order chi connectivity index (χ0) is 19.7. The summed E-state index contributed by atoms with van der Waals surface area (Å²) < 4.78 is 1.16. The van der Waals surface area contributed by atoms with Gasteiger partial charge in [0.05, 0.1) is 10.2 Å². The van der Waals surface area contributed by atoms with Gasteiger partial charge in [-0.3, -0.25) is 9.59 Å². The molecule has 0 spiro atoms. The van der Waals surface area contributed by atoms with E-state index in [2.05, 4.69) is 29.4 Å². The van der Waals surface area contributed by atoms with Crippen molar-refractivity contribution >= 4 is 39.1 Å². The van der Waals surface area contributed by atoms with Crippen LogP contribution in [0.25, 0.3) is 20.8 Å². The number of rotatable bonds is 5. The Morgan fingerprint density at radius 3 is 2.79 bits per heavy atom. The summed E-state index contributed by atoms with van der Waals surface area (Å²) in [6.07, 6.45) is 0.169. The summed E-state index contributed by atoms with van der Waals surface area (Å²) in [5.74, 6) is -0.286. The number of amides is 2. The molecule has 7 heteroatoms. The number of hydrogen-bond acceptors (Lipinski definition) is 5. The molecule has 2 aromatic carbocycles. The molecule has 0 saturated carbocycles. The molecule has 1 atom stereocenters. The number of aliphatic hydroxyl groups excluding tert-OH is 1. The van der Waals surface area contributed by atoms with Crippen LogP contribution < -0.4 is 5.32 Å². The minimum absolute atomic E-state index is 0.101. The van der Waals surface area contributed by atoms with Gasteiger partial charge in [0.25, 0.3) is 0 Å². The Balaban J connectivity index is 1.38. The topological polar surface area (TPSA) is 82.5 Å². The number of aromatic nitrogens is 1. The summed E-state index contributed by atoms with van der Waals surface area (Å²) in [6.45, 7) is 2.30. The van der Waals surface area contributed by atoms with Crippen LogP contribution in [0.15, 0.2) is 42.5 Å². The zero-order valence-corrected chi connectivity index (χ0v) is 16.3. The fraction of sp³-hybridized carbons (Fsp3) is 0.286. The van der Waals surface area contributed by atoms with Crippen LogP contribution in [0.3, 0.4) is 0 Å². The molecule has 144 valence electrons. The molecule has 2 N–H and O–H groups in total. The minimum Gasteiger partial charge on any atom is -0.374 e. The summed E-state index contributed by atoms with van der Waals surface area (Å²) in [7, 11) is 0. The molecule has 0 aliphatic carbocycles. The summed E-state index contributed by atoms with van der Waals surface area (Å²) >= 11 is 1.65. The molecule has 0 bridgehead atoms. The van der Waals surface area contributed by atoms with Crippen molar-refractivity contribution in [1.29, 1.82) is 0 Å². The van der Waals surface area contributed by atoms with Crippen LogP contribution in [0.4, 0.5) is 5.69 Å².